The second-order valence-electron chi connectivity index (χ2n) is 5.77. The van der Waals surface area contributed by atoms with Crippen LogP contribution in [0.2, 0.25) is 0 Å². The van der Waals surface area contributed by atoms with Gasteiger partial charge in [0.05, 0.1) is 5.35 Å². The van der Waals surface area contributed by atoms with Gasteiger partial charge in [-0.2, -0.15) is 0 Å². The second kappa shape index (κ2) is 10.4. The topological polar surface area (TPSA) is 28.2 Å². The van der Waals surface area contributed by atoms with Crippen molar-refractivity contribution in [3.05, 3.63) is 22.8 Å². The number of rotatable bonds is 9. The summed E-state index contributed by atoms with van der Waals surface area (Å²) in [4.78, 5) is 6.97. The minimum Gasteiger partial charge on any atom is -0.382 e. The van der Waals surface area contributed by atoms with Crippen LogP contribution in [0.15, 0.2) is 12.3 Å². The molecule has 1 aromatic heterocycles. The molecule has 22 heavy (non-hydrogen) atoms. The number of hydrogen-bond acceptors (Lipinski definition) is 3. The fourth-order valence-corrected chi connectivity index (χ4v) is 2.77. The highest BCUT2D eigenvalue weighted by atomic mass is 15.1. The lowest BCUT2D eigenvalue weighted by atomic mass is 10.1. The maximum absolute atomic E-state index is 4.48. The van der Waals surface area contributed by atoms with Gasteiger partial charge in [-0.05, 0) is 58.8 Å². The molecule has 1 N–H and O–H groups in total. The number of hydrogen-bond donors (Lipinski definition) is 1. The van der Waals surface area contributed by atoms with Crippen molar-refractivity contribution >= 4 is 17.8 Å². The van der Waals surface area contributed by atoms with Crippen molar-refractivity contribution in [1.29, 1.82) is 0 Å². The lowest BCUT2D eigenvalue weighted by Gasteiger charge is -2.20. The average molecular weight is 303 g/mol. The third-order valence-electron chi connectivity index (χ3n) is 4.11. The molecule has 0 saturated carbocycles. The van der Waals surface area contributed by atoms with Crippen LogP contribution in [0.25, 0.3) is 12.2 Å². The van der Waals surface area contributed by atoms with Crippen LogP contribution in [0.1, 0.15) is 53.9 Å². The van der Waals surface area contributed by atoms with E-state index in [1.807, 2.05) is 6.20 Å². The van der Waals surface area contributed by atoms with E-state index in [9.17, 15) is 0 Å². The SMILES string of the molecule is C/C=c1/c(NC(C)CCCN(CC)CC)ccn/c1=C/CC. The van der Waals surface area contributed by atoms with Crippen LogP contribution in [0.3, 0.4) is 0 Å². The quantitative estimate of drug-likeness (QED) is 0.760. The minimum atomic E-state index is 0.478. The Morgan fingerprint density at radius 1 is 1.27 bits per heavy atom. The molecule has 0 saturated heterocycles. The van der Waals surface area contributed by atoms with Gasteiger partial charge in [0.15, 0.2) is 0 Å². The third-order valence-corrected chi connectivity index (χ3v) is 4.11. The number of nitrogens with zero attached hydrogens (tertiary/aromatic N) is 2. The highest BCUT2D eigenvalue weighted by molar-refractivity contribution is 5.49. The van der Waals surface area contributed by atoms with Gasteiger partial charge >= 0.3 is 0 Å². The molecule has 0 aliphatic rings. The van der Waals surface area contributed by atoms with Crippen molar-refractivity contribution in [2.45, 2.75) is 59.9 Å². The first kappa shape index (κ1) is 18.7. The predicted octanol–water partition coefficient (Wildman–Crippen LogP) is 2.99. The normalized spacial score (nSPS) is 14.6. The van der Waals surface area contributed by atoms with Gasteiger partial charge in [0, 0.05) is 23.1 Å². The van der Waals surface area contributed by atoms with Crippen molar-refractivity contribution in [3.63, 3.8) is 0 Å². The van der Waals surface area contributed by atoms with E-state index < -0.39 is 0 Å². The van der Waals surface area contributed by atoms with Crippen molar-refractivity contribution in [2.24, 2.45) is 0 Å². The zero-order valence-corrected chi connectivity index (χ0v) is 15.0. The summed E-state index contributed by atoms with van der Waals surface area (Å²) in [5.41, 5.74) is 1.20. The Morgan fingerprint density at radius 2 is 2.00 bits per heavy atom. The molecule has 1 rings (SSSR count). The van der Waals surface area contributed by atoms with E-state index in [1.165, 1.54) is 30.3 Å². The molecule has 3 nitrogen and oxygen atoms in total. The van der Waals surface area contributed by atoms with Gasteiger partial charge in [-0.3, -0.25) is 4.98 Å². The Kier molecular flexibility index (Phi) is 8.83. The summed E-state index contributed by atoms with van der Waals surface area (Å²) in [6.07, 6.45) is 9.68. The first-order valence-corrected chi connectivity index (χ1v) is 8.76. The standard InChI is InChI=1S/C19H33N3/c1-6-11-18-17(7-2)19(13-14-20-18)21-16(5)12-10-15-22(8-3)9-4/h7,11,13-14,16,21H,6,8-10,12,15H2,1-5H3/b17-7+,18-11+. The molecule has 0 amide bonds. The predicted molar refractivity (Wildman–Crippen MR) is 98.5 cm³/mol. The van der Waals surface area contributed by atoms with Crippen molar-refractivity contribution in [3.8, 4) is 0 Å². The van der Waals surface area contributed by atoms with E-state index in [-0.39, 0.29) is 0 Å². The number of aromatic nitrogens is 1. The molecule has 0 aliphatic heterocycles. The molecular weight excluding hydrogens is 270 g/mol. The summed E-state index contributed by atoms with van der Waals surface area (Å²) in [6, 6.07) is 2.56. The van der Waals surface area contributed by atoms with Crippen LogP contribution in [0.5, 0.6) is 0 Å². The van der Waals surface area contributed by atoms with Gasteiger partial charge in [-0.1, -0.05) is 32.9 Å². The van der Waals surface area contributed by atoms with E-state index in [1.54, 1.807) is 0 Å². The zero-order chi connectivity index (χ0) is 16.4. The summed E-state index contributed by atoms with van der Waals surface area (Å²) < 4.78 is 0. The molecule has 124 valence electrons. The van der Waals surface area contributed by atoms with E-state index in [2.05, 4.69) is 68.0 Å². The zero-order valence-electron chi connectivity index (χ0n) is 15.0. The molecule has 0 bridgehead atoms. The first-order valence-electron chi connectivity index (χ1n) is 8.76. The maximum Gasteiger partial charge on any atom is 0.0679 e. The lowest BCUT2D eigenvalue weighted by Crippen LogP contribution is -2.33. The Hall–Kier alpha value is -1.35. The van der Waals surface area contributed by atoms with E-state index in [0.717, 1.165) is 24.9 Å². The van der Waals surface area contributed by atoms with Crippen LogP contribution in [-0.2, 0) is 0 Å². The second-order valence-corrected chi connectivity index (χ2v) is 5.77. The fourth-order valence-electron chi connectivity index (χ4n) is 2.77. The molecule has 0 radical (unpaired) electrons. The first-order chi connectivity index (χ1) is 10.7. The van der Waals surface area contributed by atoms with Gasteiger partial charge in [-0.25, -0.2) is 0 Å². The average Bonchev–Trinajstić information content (AvgIpc) is 2.52. The molecule has 3 heteroatoms. The van der Waals surface area contributed by atoms with Gasteiger partial charge in [0.2, 0.25) is 0 Å². The van der Waals surface area contributed by atoms with Crippen LogP contribution >= 0.6 is 0 Å². The van der Waals surface area contributed by atoms with Crippen LogP contribution < -0.4 is 15.9 Å². The largest absolute Gasteiger partial charge is 0.382 e. The van der Waals surface area contributed by atoms with Crippen molar-refractivity contribution in [1.82, 2.24) is 9.88 Å². The molecule has 1 heterocycles. The van der Waals surface area contributed by atoms with Gasteiger partial charge in [0.25, 0.3) is 0 Å². The number of anilines is 1. The van der Waals surface area contributed by atoms with E-state index >= 15 is 0 Å². The summed E-state index contributed by atoms with van der Waals surface area (Å²) in [5.74, 6) is 0. The molecule has 0 spiro atoms. The molecular formula is C19H33N3. The molecule has 0 aromatic carbocycles. The Balaban J connectivity index is 2.67. The molecule has 1 atom stereocenters. The van der Waals surface area contributed by atoms with Crippen molar-refractivity contribution in [2.75, 3.05) is 25.0 Å². The molecule has 0 aliphatic carbocycles. The Labute approximate surface area is 136 Å². The Morgan fingerprint density at radius 3 is 2.59 bits per heavy atom. The summed E-state index contributed by atoms with van der Waals surface area (Å²) in [5, 5.41) is 5.97. The summed E-state index contributed by atoms with van der Waals surface area (Å²) in [7, 11) is 0. The minimum absolute atomic E-state index is 0.478. The summed E-state index contributed by atoms with van der Waals surface area (Å²) in [6.45, 7) is 14.5. The monoisotopic (exact) mass is 303 g/mol. The number of nitrogens with one attached hydrogen (secondary N) is 1. The third kappa shape index (κ3) is 5.80. The highest BCUT2D eigenvalue weighted by Crippen LogP contribution is 2.05. The van der Waals surface area contributed by atoms with Gasteiger partial charge in [-0.15, -0.1) is 0 Å². The van der Waals surface area contributed by atoms with Crippen LogP contribution in [0.4, 0.5) is 5.69 Å². The smallest absolute Gasteiger partial charge is 0.0679 e. The highest BCUT2D eigenvalue weighted by Gasteiger charge is 2.05. The van der Waals surface area contributed by atoms with Crippen LogP contribution in [-0.4, -0.2) is 35.6 Å². The summed E-state index contributed by atoms with van der Waals surface area (Å²) >= 11 is 0. The number of pyridine rings is 1. The maximum atomic E-state index is 4.48. The van der Waals surface area contributed by atoms with Crippen molar-refractivity contribution < 1.29 is 0 Å². The molecule has 0 fully saturated rings. The molecule has 1 aromatic rings. The van der Waals surface area contributed by atoms with Gasteiger partial charge in [0.1, 0.15) is 0 Å². The van der Waals surface area contributed by atoms with E-state index in [0.29, 0.717) is 6.04 Å². The Bertz CT molecular complexity index is 532. The van der Waals surface area contributed by atoms with Gasteiger partial charge < -0.3 is 10.2 Å². The van der Waals surface area contributed by atoms with Crippen LogP contribution in [0, 0.1) is 0 Å². The van der Waals surface area contributed by atoms with E-state index in [4.69, 9.17) is 0 Å². The fraction of sp³-hybridized carbons (Fsp3) is 0.632. The lowest BCUT2D eigenvalue weighted by molar-refractivity contribution is 0.295. The molecule has 1 unspecified atom stereocenters.